The normalized spacial score (nSPS) is 21.3. The molecule has 23 heavy (non-hydrogen) atoms. The highest BCUT2D eigenvalue weighted by Crippen LogP contribution is 2.36. The summed E-state index contributed by atoms with van der Waals surface area (Å²) in [7, 11) is 0. The molecule has 3 heterocycles. The van der Waals surface area contributed by atoms with Gasteiger partial charge in [-0.25, -0.2) is 4.98 Å². The molecule has 7 nitrogen and oxygen atoms in total. The van der Waals surface area contributed by atoms with Gasteiger partial charge in [0.25, 0.3) is 0 Å². The van der Waals surface area contributed by atoms with Crippen LogP contribution < -0.4 is 10.2 Å². The SMILES string of the molecule is C#CCCC1(CCNC(=O)C2CC(=O)N(c3nccs3)C2)N=N1. The number of rotatable bonds is 7. The van der Waals surface area contributed by atoms with Crippen molar-refractivity contribution in [3.63, 3.8) is 0 Å². The third kappa shape index (κ3) is 3.56. The number of carbonyl (C=O) groups excluding carboxylic acids is 2. The van der Waals surface area contributed by atoms with Crippen molar-refractivity contribution in [1.82, 2.24) is 10.3 Å². The summed E-state index contributed by atoms with van der Waals surface area (Å²) in [5.74, 6) is 2.08. The van der Waals surface area contributed by atoms with Gasteiger partial charge in [-0.15, -0.1) is 23.7 Å². The number of hydrogen-bond acceptors (Lipinski definition) is 6. The maximum Gasteiger partial charge on any atom is 0.229 e. The largest absolute Gasteiger partial charge is 0.356 e. The predicted octanol–water partition coefficient (Wildman–Crippen LogP) is 1.58. The second-order valence-electron chi connectivity index (χ2n) is 5.65. The maximum atomic E-state index is 12.2. The highest BCUT2D eigenvalue weighted by Gasteiger charge is 2.40. The molecule has 2 aliphatic rings. The molecule has 1 N–H and O–H groups in total. The molecule has 0 radical (unpaired) electrons. The van der Waals surface area contributed by atoms with Crippen LogP contribution in [-0.4, -0.2) is 35.6 Å². The van der Waals surface area contributed by atoms with Crippen LogP contribution in [0.1, 0.15) is 25.7 Å². The Morgan fingerprint density at radius 2 is 2.35 bits per heavy atom. The van der Waals surface area contributed by atoms with Crippen molar-refractivity contribution < 1.29 is 9.59 Å². The van der Waals surface area contributed by atoms with Gasteiger partial charge in [0, 0.05) is 50.3 Å². The van der Waals surface area contributed by atoms with E-state index in [0.717, 1.165) is 6.42 Å². The molecule has 120 valence electrons. The van der Waals surface area contributed by atoms with Gasteiger partial charge in [0.2, 0.25) is 11.8 Å². The first-order valence-corrected chi connectivity index (χ1v) is 8.37. The van der Waals surface area contributed by atoms with Crippen LogP contribution in [0.25, 0.3) is 0 Å². The molecule has 1 aromatic heterocycles. The van der Waals surface area contributed by atoms with E-state index in [2.05, 4.69) is 26.4 Å². The van der Waals surface area contributed by atoms with Crippen LogP contribution in [0.5, 0.6) is 0 Å². The zero-order chi connectivity index (χ0) is 16.3. The van der Waals surface area contributed by atoms with Crippen LogP contribution in [0.2, 0.25) is 0 Å². The lowest BCUT2D eigenvalue weighted by Gasteiger charge is -2.14. The summed E-state index contributed by atoms with van der Waals surface area (Å²) >= 11 is 1.40. The topological polar surface area (TPSA) is 87.0 Å². The lowest BCUT2D eigenvalue weighted by molar-refractivity contribution is -0.126. The summed E-state index contributed by atoms with van der Waals surface area (Å²) in [6, 6.07) is 0. The molecule has 1 aromatic rings. The van der Waals surface area contributed by atoms with E-state index >= 15 is 0 Å². The molecule has 8 heteroatoms. The highest BCUT2D eigenvalue weighted by atomic mass is 32.1. The first-order chi connectivity index (χ1) is 11.1. The number of thiazole rings is 1. The Morgan fingerprint density at radius 1 is 1.52 bits per heavy atom. The number of terminal acetylenes is 1. The average Bonchev–Trinajstić information content (AvgIpc) is 2.95. The van der Waals surface area contributed by atoms with Crippen molar-refractivity contribution in [2.24, 2.45) is 16.1 Å². The zero-order valence-corrected chi connectivity index (χ0v) is 13.4. The molecule has 0 saturated carbocycles. The van der Waals surface area contributed by atoms with Crippen molar-refractivity contribution in [2.45, 2.75) is 31.3 Å². The first kappa shape index (κ1) is 15.6. The Bertz CT molecular complexity index is 658. The van der Waals surface area contributed by atoms with Crippen molar-refractivity contribution in [3.8, 4) is 12.3 Å². The summed E-state index contributed by atoms with van der Waals surface area (Å²) in [4.78, 5) is 29.9. The van der Waals surface area contributed by atoms with E-state index in [1.54, 1.807) is 11.1 Å². The molecule has 1 saturated heterocycles. The van der Waals surface area contributed by atoms with E-state index in [1.165, 1.54) is 11.3 Å². The molecule has 1 atom stereocenters. The number of carbonyl (C=O) groups is 2. The molecule has 0 spiro atoms. The third-order valence-corrected chi connectivity index (χ3v) is 4.82. The summed E-state index contributed by atoms with van der Waals surface area (Å²) in [5.41, 5.74) is -0.391. The van der Waals surface area contributed by atoms with Gasteiger partial charge >= 0.3 is 0 Å². The van der Waals surface area contributed by atoms with E-state index in [-0.39, 0.29) is 24.2 Å². The summed E-state index contributed by atoms with van der Waals surface area (Å²) in [5, 5.41) is 13.4. The van der Waals surface area contributed by atoms with Gasteiger partial charge in [-0.2, -0.15) is 10.2 Å². The average molecular weight is 331 g/mol. The second-order valence-corrected chi connectivity index (χ2v) is 6.52. The Hall–Kier alpha value is -2.27. The number of nitrogens with zero attached hydrogens (tertiary/aromatic N) is 4. The monoisotopic (exact) mass is 331 g/mol. The standard InChI is InChI=1S/C15H17N5O2S/c1-2-3-4-15(18-19-15)5-6-16-13(22)11-9-12(21)20(10-11)14-17-7-8-23-14/h1,7-8,11H,3-6,9-10H2,(H,16,22). The number of amides is 2. The number of aromatic nitrogens is 1. The van der Waals surface area contributed by atoms with E-state index in [0.29, 0.717) is 31.1 Å². The minimum Gasteiger partial charge on any atom is -0.356 e. The van der Waals surface area contributed by atoms with E-state index in [4.69, 9.17) is 6.42 Å². The van der Waals surface area contributed by atoms with Crippen LogP contribution >= 0.6 is 11.3 Å². The predicted molar refractivity (Wildman–Crippen MR) is 85.9 cm³/mol. The lowest BCUT2D eigenvalue weighted by atomic mass is 10.0. The molecular formula is C15H17N5O2S. The van der Waals surface area contributed by atoms with Crippen molar-refractivity contribution in [2.75, 3.05) is 18.0 Å². The third-order valence-electron chi connectivity index (χ3n) is 4.02. The fraction of sp³-hybridized carbons (Fsp3) is 0.533. The Labute approximate surface area is 138 Å². The molecule has 0 bridgehead atoms. The summed E-state index contributed by atoms with van der Waals surface area (Å²) < 4.78 is 0. The van der Waals surface area contributed by atoms with Gasteiger partial charge in [-0.3, -0.25) is 14.5 Å². The van der Waals surface area contributed by atoms with Gasteiger partial charge in [-0.1, -0.05) is 0 Å². The first-order valence-electron chi connectivity index (χ1n) is 7.49. The van der Waals surface area contributed by atoms with Crippen LogP contribution in [-0.2, 0) is 9.59 Å². The Kier molecular flexibility index (Phi) is 4.39. The van der Waals surface area contributed by atoms with Gasteiger partial charge in [0.1, 0.15) is 0 Å². The minimum atomic E-state index is -0.391. The quantitative estimate of drug-likeness (QED) is 0.770. The van der Waals surface area contributed by atoms with Gasteiger partial charge in [-0.05, 0) is 0 Å². The van der Waals surface area contributed by atoms with E-state index < -0.39 is 5.66 Å². The number of anilines is 1. The second kappa shape index (κ2) is 6.46. The molecule has 2 aliphatic heterocycles. The lowest BCUT2D eigenvalue weighted by Crippen LogP contribution is -2.35. The van der Waals surface area contributed by atoms with Crippen molar-refractivity contribution in [1.29, 1.82) is 0 Å². The Morgan fingerprint density at radius 3 is 3.00 bits per heavy atom. The van der Waals surface area contributed by atoms with Crippen molar-refractivity contribution in [3.05, 3.63) is 11.6 Å². The Balaban J connectivity index is 1.45. The van der Waals surface area contributed by atoms with E-state index in [9.17, 15) is 9.59 Å². The number of nitrogens with one attached hydrogen (secondary N) is 1. The molecule has 1 fully saturated rings. The van der Waals surface area contributed by atoms with E-state index in [1.807, 2.05) is 5.38 Å². The van der Waals surface area contributed by atoms with Gasteiger partial charge in [0.15, 0.2) is 10.8 Å². The summed E-state index contributed by atoms with van der Waals surface area (Å²) in [6.07, 6.45) is 9.12. The molecule has 2 amide bonds. The number of hydrogen-bond donors (Lipinski definition) is 1. The smallest absolute Gasteiger partial charge is 0.229 e. The summed E-state index contributed by atoms with van der Waals surface area (Å²) in [6.45, 7) is 0.869. The van der Waals surface area contributed by atoms with Crippen LogP contribution in [0.3, 0.4) is 0 Å². The molecule has 3 rings (SSSR count). The fourth-order valence-corrected chi connectivity index (χ4v) is 3.28. The fourth-order valence-electron chi connectivity index (χ4n) is 2.62. The highest BCUT2D eigenvalue weighted by molar-refractivity contribution is 7.13. The molecule has 0 aliphatic carbocycles. The van der Waals surface area contributed by atoms with Crippen molar-refractivity contribution >= 4 is 28.3 Å². The van der Waals surface area contributed by atoms with Gasteiger partial charge in [0.05, 0.1) is 5.92 Å². The zero-order valence-electron chi connectivity index (χ0n) is 12.6. The van der Waals surface area contributed by atoms with Crippen LogP contribution in [0, 0.1) is 18.3 Å². The molecular weight excluding hydrogens is 314 g/mol. The minimum absolute atomic E-state index is 0.0576. The van der Waals surface area contributed by atoms with Crippen LogP contribution in [0.15, 0.2) is 21.8 Å². The van der Waals surface area contributed by atoms with Gasteiger partial charge < -0.3 is 5.32 Å². The maximum absolute atomic E-state index is 12.2. The molecule has 1 unspecified atom stereocenters. The molecule has 0 aromatic carbocycles. The van der Waals surface area contributed by atoms with Crippen LogP contribution in [0.4, 0.5) is 5.13 Å².